The molecule has 0 bridgehead atoms. The van der Waals surface area contributed by atoms with E-state index in [1.807, 2.05) is 24.3 Å². The molecule has 1 unspecified atom stereocenters. The van der Waals surface area contributed by atoms with E-state index in [1.165, 1.54) is 0 Å². The van der Waals surface area contributed by atoms with Crippen LogP contribution in [0.2, 0.25) is 0 Å². The summed E-state index contributed by atoms with van der Waals surface area (Å²) in [5, 5.41) is 8.62. The van der Waals surface area contributed by atoms with E-state index >= 15 is 0 Å². The fourth-order valence-electron chi connectivity index (χ4n) is 1.48. The van der Waals surface area contributed by atoms with Gasteiger partial charge in [0, 0.05) is 0 Å². The molecule has 0 spiro atoms. The number of benzene rings is 1. The number of hydrogen-bond donors (Lipinski definition) is 1. The van der Waals surface area contributed by atoms with E-state index in [0.29, 0.717) is 12.8 Å². The first-order valence-electron chi connectivity index (χ1n) is 5.97. The van der Waals surface area contributed by atoms with Crippen LogP contribution < -0.4 is 0 Å². The maximum Gasteiger partial charge on any atom is 0.425 e. The number of carbonyl (C=O) groups excluding carboxylic acids is 1. The molecule has 0 radical (unpaired) electrons. The molecule has 1 atom stereocenters. The lowest BCUT2D eigenvalue weighted by Crippen LogP contribution is -2.37. The van der Waals surface area contributed by atoms with Crippen molar-refractivity contribution < 1.29 is 27.8 Å². The van der Waals surface area contributed by atoms with E-state index in [9.17, 15) is 18.0 Å². The largest absolute Gasteiger partial charge is 0.464 e. The van der Waals surface area contributed by atoms with E-state index in [1.54, 1.807) is 6.08 Å². The highest BCUT2D eigenvalue weighted by Gasteiger charge is 2.44. The van der Waals surface area contributed by atoms with E-state index in [0.717, 1.165) is 11.1 Å². The third-order valence-corrected chi connectivity index (χ3v) is 2.60. The Balaban J connectivity index is 2.31. The lowest BCUT2D eigenvalue weighted by atomic mass is 10.1. The molecule has 0 aliphatic carbocycles. The molecule has 3 nitrogen and oxygen atoms in total. The van der Waals surface area contributed by atoms with Crippen LogP contribution in [0.15, 0.2) is 30.8 Å². The first kappa shape index (κ1) is 16.2. The number of aryl methyl sites for hydroxylation is 1. The number of carbonyl (C=O) groups is 1. The monoisotopic (exact) mass is 288 g/mol. The van der Waals surface area contributed by atoms with E-state index in [4.69, 9.17) is 5.11 Å². The highest BCUT2D eigenvalue weighted by atomic mass is 19.4. The molecule has 0 aliphatic heterocycles. The molecule has 6 heteroatoms. The number of aliphatic hydroxyl groups is 1. The van der Waals surface area contributed by atoms with Crippen molar-refractivity contribution in [3.8, 4) is 0 Å². The Morgan fingerprint density at radius 2 is 1.95 bits per heavy atom. The number of ether oxygens (including phenoxy) is 1. The van der Waals surface area contributed by atoms with Crippen LogP contribution in [0, 0.1) is 0 Å². The Hall–Kier alpha value is -1.82. The molecular formula is C14H15F3O3. The molecule has 1 aromatic rings. The van der Waals surface area contributed by atoms with Crippen LogP contribution in [0.25, 0.3) is 6.08 Å². The smallest absolute Gasteiger partial charge is 0.425 e. The van der Waals surface area contributed by atoms with Crippen molar-refractivity contribution in [2.24, 2.45) is 0 Å². The third kappa shape index (κ3) is 5.05. The predicted octanol–water partition coefficient (Wildman–Crippen LogP) is 2.73. The molecule has 20 heavy (non-hydrogen) atoms. The van der Waals surface area contributed by atoms with Gasteiger partial charge in [0.1, 0.15) is 0 Å². The summed E-state index contributed by atoms with van der Waals surface area (Å²) < 4.78 is 40.3. The van der Waals surface area contributed by atoms with Crippen LogP contribution in [0.5, 0.6) is 0 Å². The maximum atomic E-state index is 12.0. The summed E-state index contributed by atoms with van der Waals surface area (Å²) in [6.45, 7) is 3.45. The number of rotatable bonds is 6. The molecule has 0 heterocycles. The normalized spacial score (nSPS) is 12.8. The van der Waals surface area contributed by atoms with Gasteiger partial charge in [0.2, 0.25) is 6.10 Å². The summed E-state index contributed by atoms with van der Waals surface area (Å²) in [6, 6.07) is 7.45. The van der Waals surface area contributed by atoms with Gasteiger partial charge in [0.05, 0.1) is 6.61 Å². The zero-order chi connectivity index (χ0) is 15.2. The molecule has 110 valence electrons. The standard InChI is InChI=1S/C14H15F3O3/c1-2-10-5-7-11(8-6-10)4-3-9-20-13(19)12(18)14(15,16)17/h2,5-8,12,18H,1,3-4,9H2. The molecule has 0 aliphatic rings. The average Bonchev–Trinajstić information content (AvgIpc) is 2.42. The van der Waals surface area contributed by atoms with Crippen molar-refractivity contribution >= 4 is 12.0 Å². The Labute approximate surface area is 114 Å². The van der Waals surface area contributed by atoms with Gasteiger partial charge < -0.3 is 9.84 Å². The fraction of sp³-hybridized carbons (Fsp3) is 0.357. The van der Waals surface area contributed by atoms with Crippen LogP contribution in [-0.2, 0) is 16.0 Å². The minimum absolute atomic E-state index is 0.171. The molecule has 1 aromatic carbocycles. The number of alkyl halides is 3. The summed E-state index contributed by atoms with van der Waals surface area (Å²) in [5.74, 6) is -1.67. The fourth-order valence-corrected chi connectivity index (χ4v) is 1.48. The highest BCUT2D eigenvalue weighted by Crippen LogP contribution is 2.20. The molecule has 0 saturated heterocycles. The summed E-state index contributed by atoms with van der Waals surface area (Å²) in [4.78, 5) is 10.9. The lowest BCUT2D eigenvalue weighted by Gasteiger charge is -2.13. The van der Waals surface area contributed by atoms with Crippen LogP contribution >= 0.6 is 0 Å². The van der Waals surface area contributed by atoms with Crippen molar-refractivity contribution in [1.82, 2.24) is 0 Å². The average molecular weight is 288 g/mol. The molecule has 0 amide bonds. The van der Waals surface area contributed by atoms with Crippen molar-refractivity contribution in [2.75, 3.05) is 6.61 Å². The van der Waals surface area contributed by atoms with Gasteiger partial charge in [0.15, 0.2) is 0 Å². The zero-order valence-electron chi connectivity index (χ0n) is 10.7. The number of halogens is 3. The van der Waals surface area contributed by atoms with E-state index < -0.39 is 18.2 Å². The Bertz CT molecular complexity index is 452. The topological polar surface area (TPSA) is 46.5 Å². The molecule has 0 fully saturated rings. The number of aliphatic hydroxyl groups excluding tert-OH is 1. The van der Waals surface area contributed by atoms with Gasteiger partial charge in [-0.05, 0) is 24.0 Å². The second-order valence-electron chi connectivity index (χ2n) is 4.16. The van der Waals surface area contributed by atoms with Gasteiger partial charge in [-0.3, -0.25) is 0 Å². The Morgan fingerprint density at radius 3 is 2.45 bits per heavy atom. The second kappa shape index (κ2) is 7.09. The van der Waals surface area contributed by atoms with Crippen molar-refractivity contribution in [3.63, 3.8) is 0 Å². The summed E-state index contributed by atoms with van der Waals surface area (Å²) >= 11 is 0. The van der Waals surface area contributed by atoms with Gasteiger partial charge in [0.25, 0.3) is 0 Å². The van der Waals surface area contributed by atoms with Crippen molar-refractivity contribution in [1.29, 1.82) is 0 Å². The van der Waals surface area contributed by atoms with Gasteiger partial charge in [-0.1, -0.05) is 36.9 Å². The minimum atomic E-state index is -4.99. The third-order valence-electron chi connectivity index (χ3n) is 2.60. The number of hydrogen-bond acceptors (Lipinski definition) is 3. The quantitative estimate of drug-likeness (QED) is 0.646. The minimum Gasteiger partial charge on any atom is -0.464 e. The van der Waals surface area contributed by atoms with Gasteiger partial charge in [-0.15, -0.1) is 0 Å². The van der Waals surface area contributed by atoms with Gasteiger partial charge in [-0.2, -0.15) is 13.2 Å². The van der Waals surface area contributed by atoms with Crippen LogP contribution in [0.1, 0.15) is 17.5 Å². The maximum absolute atomic E-state index is 12.0. The van der Waals surface area contributed by atoms with E-state index in [-0.39, 0.29) is 6.61 Å². The van der Waals surface area contributed by atoms with Gasteiger partial charge in [-0.25, -0.2) is 4.79 Å². The molecular weight excluding hydrogens is 273 g/mol. The summed E-state index contributed by atoms with van der Waals surface area (Å²) in [5.41, 5.74) is 1.94. The molecule has 0 saturated carbocycles. The van der Waals surface area contributed by atoms with Crippen LogP contribution in [0.3, 0.4) is 0 Å². The first-order valence-corrected chi connectivity index (χ1v) is 5.97. The highest BCUT2D eigenvalue weighted by molar-refractivity contribution is 5.75. The Kier molecular flexibility index (Phi) is 5.76. The molecule has 1 N–H and O–H groups in total. The SMILES string of the molecule is C=Cc1ccc(CCCOC(=O)C(O)C(F)(F)F)cc1. The predicted molar refractivity (Wildman–Crippen MR) is 67.9 cm³/mol. The summed E-state index contributed by atoms with van der Waals surface area (Å²) in [7, 11) is 0. The second-order valence-corrected chi connectivity index (χ2v) is 4.16. The lowest BCUT2D eigenvalue weighted by molar-refractivity contribution is -0.218. The van der Waals surface area contributed by atoms with Crippen molar-refractivity contribution in [3.05, 3.63) is 42.0 Å². The Morgan fingerprint density at radius 1 is 1.35 bits per heavy atom. The number of esters is 1. The van der Waals surface area contributed by atoms with Gasteiger partial charge >= 0.3 is 12.1 Å². The molecule has 0 aromatic heterocycles. The van der Waals surface area contributed by atoms with Crippen LogP contribution in [-0.4, -0.2) is 30.0 Å². The van der Waals surface area contributed by atoms with E-state index in [2.05, 4.69) is 11.3 Å². The first-order chi connectivity index (χ1) is 9.34. The molecule has 1 rings (SSSR count). The van der Waals surface area contributed by atoms with Crippen molar-refractivity contribution in [2.45, 2.75) is 25.1 Å². The van der Waals surface area contributed by atoms with Crippen LogP contribution in [0.4, 0.5) is 13.2 Å². The summed E-state index contributed by atoms with van der Waals surface area (Å²) in [6.07, 6.45) is -5.42. The zero-order valence-corrected chi connectivity index (χ0v) is 10.7.